The number of rotatable bonds is 4. The summed E-state index contributed by atoms with van der Waals surface area (Å²) < 4.78 is 11.7. The van der Waals surface area contributed by atoms with Crippen LogP contribution in [0.1, 0.15) is 0 Å². The molecule has 15 aromatic rings. The minimum absolute atomic E-state index is 0.588. The van der Waals surface area contributed by atoms with E-state index in [2.05, 4.69) is 211 Å². The Kier molecular flexibility index (Phi) is 7.59. The highest BCUT2D eigenvalue weighted by Crippen LogP contribution is 2.43. The van der Waals surface area contributed by atoms with Gasteiger partial charge in [0.2, 0.25) is 0 Å². The van der Waals surface area contributed by atoms with Crippen LogP contribution in [-0.4, -0.2) is 19.5 Å². The third kappa shape index (κ3) is 5.45. The molecule has 0 N–H and O–H groups in total. The van der Waals surface area contributed by atoms with E-state index in [-0.39, 0.29) is 0 Å². The molecular formula is C61H34N4OS. The number of thiophene rings is 1. The van der Waals surface area contributed by atoms with Crippen LogP contribution in [0.25, 0.3) is 147 Å². The first-order chi connectivity index (χ1) is 33.2. The summed E-state index contributed by atoms with van der Waals surface area (Å²) in [6.07, 6.45) is 0. The molecule has 5 nitrogen and oxygen atoms in total. The molecule has 0 aliphatic rings. The number of hydrogen-bond acceptors (Lipinski definition) is 5. The van der Waals surface area contributed by atoms with Gasteiger partial charge in [-0.1, -0.05) is 152 Å². The second-order valence-electron chi connectivity index (χ2n) is 17.5. The topological polar surface area (TPSA) is 56.7 Å². The van der Waals surface area contributed by atoms with Crippen molar-refractivity contribution in [3.05, 3.63) is 206 Å². The molecule has 0 radical (unpaired) electrons. The second-order valence-corrected chi connectivity index (χ2v) is 18.6. The maximum atomic E-state index is 6.81. The molecule has 0 aliphatic heterocycles. The summed E-state index contributed by atoms with van der Waals surface area (Å²) in [5.41, 5.74) is 7.90. The molecule has 0 spiro atoms. The lowest BCUT2D eigenvalue weighted by Gasteiger charge is -2.12. The summed E-state index contributed by atoms with van der Waals surface area (Å²) in [4.78, 5) is 15.8. The van der Waals surface area contributed by atoms with Crippen molar-refractivity contribution >= 4 is 118 Å². The van der Waals surface area contributed by atoms with Crippen LogP contribution in [0.4, 0.5) is 0 Å². The monoisotopic (exact) mass is 870 g/mol. The molecule has 0 bridgehead atoms. The highest BCUT2D eigenvalue weighted by Gasteiger charge is 2.21. The Hall–Kier alpha value is -8.71. The predicted octanol–water partition coefficient (Wildman–Crippen LogP) is 16.8. The van der Waals surface area contributed by atoms with Gasteiger partial charge >= 0.3 is 0 Å². The average molecular weight is 871 g/mol. The Labute approximate surface area is 386 Å². The molecule has 11 aromatic carbocycles. The van der Waals surface area contributed by atoms with E-state index in [1.807, 2.05) is 0 Å². The van der Waals surface area contributed by atoms with Gasteiger partial charge in [0.15, 0.2) is 17.5 Å². The van der Waals surface area contributed by atoms with Crippen molar-refractivity contribution in [1.29, 1.82) is 0 Å². The molecule has 0 amide bonds. The molecule has 15 rings (SSSR count). The molecule has 0 atom stereocenters. The van der Waals surface area contributed by atoms with E-state index < -0.39 is 0 Å². The van der Waals surface area contributed by atoms with E-state index in [9.17, 15) is 0 Å². The van der Waals surface area contributed by atoms with Crippen molar-refractivity contribution in [2.75, 3.05) is 0 Å². The van der Waals surface area contributed by atoms with Crippen molar-refractivity contribution in [3.8, 4) is 39.9 Å². The molecule has 6 heteroatoms. The van der Waals surface area contributed by atoms with Gasteiger partial charge in [-0.2, -0.15) is 0 Å². The Morgan fingerprint density at radius 1 is 0.358 bits per heavy atom. The zero-order valence-corrected chi connectivity index (χ0v) is 36.6. The Morgan fingerprint density at radius 2 is 0.985 bits per heavy atom. The van der Waals surface area contributed by atoms with Gasteiger partial charge in [-0.05, 0) is 92.3 Å². The van der Waals surface area contributed by atoms with Gasteiger partial charge in [0.05, 0.1) is 11.0 Å². The third-order valence-electron chi connectivity index (χ3n) is 13.8. The summed E-state index contributed by atoms with van der Waals surface area (Å²) in [6.45, 7) is 0. The normalized spacial score (nSPS) is 12.2. The lowest BCUT2D eigenvalue weighted by atomic mass is 10.0. The number of hydrogen-bond donors (Lipinski definition) is 0. The quantitative estimate of drug-likeness (QED) is 0.177. The highest BCUT2D eigenvalue weighted by molar-refractivity contribution is 7.25. The first kappa shape index (κ1) is 36.6. The minimum Gasteiger partial charge on any atom is -0.456 e. The Bertz CT molecular complexity index is 4590. The molecule has 0 unspecified atom stereocenters. The smallest absolute Gasteiger partial charge is 0.164 e. The standard InChI is InChI=1S/C61H34N4OS/c1-2-14-39-32-51-50(31-38(39)13-1)44-28-24-36-12-4-6-17-43(36)58(44)65(51)41-27-23-37-26-30-52-56(49(37)34-41)46-29-25-40(33-53(46)66-52)59-62-60(45-19-9-15-35-11-3-5-16-42(35)45)64-61(63-59)48-20-10-22-55-57(48)47-18-7-8-21-54(47)67-55/h1-34H. The van der Waals surface area contributed by atoms with Crippen molar-refractivity contribution in [2.45, 2.75) is 0 Å². The van der Waals surface area contributed by atoms with E-state index in [0.717, 1.165) is 71.2 Å². The summed E-state index contributed by atoms with van der Waals surface area (Å²) in [5.74, 6) is 1.85. The second kappa shape index (κ2) is 13.9. The Morgan fingerprint density at radius 3 is 1.87 bits per heavy atom. The molecule has 4 aromatic heterocycles. The maximum Gasteiger partial charge on any atom is 0.164 e. The van der Waals surface area contributed by atoms with E-state index >= 15 is 0 Å². The van der Waals surface area contributed by atoms with Gasteiger partial charge in [0, 0.05) is 69.5 Å². The lowest BCUT2D eigenvalue weighted by Crippen LogP contribution is -2.00. The highest BCUT2D eigenvalue weighted by atomic mass is 32.1. The zero-order valence-electron chi connectivity index (χ0n) is 35.7. The van der Waals surface area contributed by atoms with Gasteiger partial charge in [-0.25, -0.2) is 15.0 Å². The summed E-state index contributed by atoms with van der Waals surface area (Å²) >= 11 is 1.79. The van der Waals surface area contributed by atoms with Crippen molar-refractivity contribution in [3.63, 3.8) is 0 Å². The minimum atomic E-state index is 0.588. The molecule has 0 fully saturated rings. The fraction of sp³-hybridized carbons (Fsp3) is 0. The van der Waals surface area contributed by atoms with Gasteiger partial charge in [-0.15, -0.1) is 11.3 Å². The fourth-order valence-electron chi connectivity index (χ4n) is 10.7. The van der Waals surface area contributed by atoms with Crippen LogP contribution in [0.3, 0.4) is 0 Å². The van der Waals surface area contributed by atoms with Gasteiger partial charge in [-0.3, -0.25) is 0 Å². The Balaban J connectivity index is 0.943. The number of nitrogens with zero attached hydrogens (tertiary/aromatic N) is 4. The van der Waals surface area contributed by atoms with Crippen molar-refractivity contribution in [1.82, 2.24) is 19.5 Å². The SMILES string of the molecule is c1ccc2cc3c(cc2c1)c1ccc2ccccc2c1n3-c1ccc2ccc3oc4cc(-c5nc(-c6cccc7ccccc67)nc(-c6cccc7sc8ccccc8c67)n5)ccc4c3c2c1. The number of furan rings is 1. The molecule has 0 saturated heterocycles. The van der Waals surface area contributed by atoms with E-state index in [0.29, 0.717) is 17.5 Å². The van der Waals surface area contributed by atoms with Crippen LogP contribution >= 0.6 is 11.3 Å². The fourth-order valence-corrected chi connectivity index (χ4v) is 11.9. The van der Waals surface area contributed by atoms with Gasteiger partial charge < -0.3 is 8.98 Å². The summed E-state index contributed by atoms with van der Waals surface area (Å²) in [7, 11) is 0. The van der Waals surface area contributed by atoms with Crippen LogP contribution < -0.4 is 0 Å². The lowest BCUT2D eigenvalue weighted by molar-refractivity contribution is 0.669. The first-order valence-corrected chi connectivity index (χ1v) is 23.4. The van der Waals surface area contributed by atoms with E-state index in [4.69, 9.17) is 19.4 Å². The predicted molar refractivity (Wildman–Crippen MR) is 281 cm³/mol. The third-order valence-corrected chi connectivity index (χ3v) is 14.9. The summed E-state index contributed by atoms with van der Waals surface area (Å²) in [6, 6.07) is 73.9. The molecule has 0 saturated carbocycles. The molecule has 310 valence electrons. The largest absolute Gasteiger partial charge is 0.456 e. The van der Waals surface area contributed by atoms with Gasteiger partial charge in [0.1, 0.15) is 11.2 Å². The van der Waals surface area contributed by atoms with Crippen LogP contribution in [0.15, 0.2) is 211 Å². The van der Waals surface area contributed by atoms with E-state index in [1.54, 1.807) is 11.3 Å². The maximum absolute atomic E-state index is 6.81. The number of benzene rings is 11. The van der Waals surface area contributed by atoms with Crippen LogP contribution in [0, 0.1) is 0 Å². The van der Waals surface area contributed by atoms with Crippen LogP contribution in [-0.2, 0) is 0 Å². The average Bonchev–Trinajstić information content (AvgIpc) is 4.07. The zero-order chi connectivity index (χ0) is 43.7. The molecule has 0 aliphatic carbocycles. The molecule has 67 heavy (non-hydrogen) atoms. The number of fused-ring (bicyclic) bond motifs is 15. The number of aromatic nitrogens is 4. The molecular weight excluding hydrogens is 837 g/mol. The molecule has 4 heterocycles. The van der Waals surface area contributed by atoms with Crippen molar-refractivity contribution < 1.29 is 4.42 Å². The first-order valence-electron chi connectivity index (χ1n) is 22.6. The van der Waals surface area contributed by atoms with Crippen LogP contribution in [0.5, 0.6) is 0 Å². The van der Waals surface area contributed by atoms with Crippen LogP contribution in [0.2, 0.25) is 0 Å². The van der Waals surface area contributed by atoms with Gasteiger partial charge in [0.25, 0.3) is 0 Å². The van der Waals surface area contributed by atoms with E-state index in [1.165, 1.54) is 58.1 Å². The summed E-state index contributed by atoms with van der Waals surface area (Å²) in [5, 5.41) is 16.4. The van der Waals surface area contributed by atoms with Crippen molar-refractivity contribution in [2.24, 2.45) is 0 Å².